The lowest BCUT2D eigenvalue weighted by Gasteiger charge is -2.51. The quantitative estimate of drug-likeness (QED) is 0.332. The van der Waals surface area contributed by atoms with Crippen molar-refractivity contribution >= 4 is 18.2 Å². The van der Waals surface area contributed by atoms with Crippen molar-refractivity contribution in [2.75, 3.05) is 6.61 Å². The standard InChI is InChI=1S/C20H24O7/c1-6-9(2)18(23)26-15-13-11(4)19(24)27-16(13)17(22)20(5,12-8-25-12)14(15)10(3)7-21/h6-7,12-17,22H,3-4,8H2,1-2,5H3. The second kappa shape index (κ2) is 6.73. The van der Waals surface area contributed by atoms with Crippen LogP contribution < -0.4 is 0 Å². The van der Waals surface area contributed by atoms with Gasteiger partial charge >= 0.3 is 11.9 Å². The van der Waals surface area contributed by atoms with Crippen LogP contribution in [0.15, 0.2) is 36.0 Å². The maximum atomic E-state index is 12.5. The van der Waals surface area contributed by atoms with Crippen LogP contribution in [0.25, 0.3) is 0 Å². The Labute approximate surface area is 157 Å². The molecule has 2 aliphatic heterocycles. The largest absolute Gasteiger partial charge is 0.458 e. The average molecular weight is 376 g/mol. The summed E-state index contributed by atoms with van der Waals surface area (Å²) < 4.78 is 16.5. The third-order valence-electron chi connectivity index (χ3n) is 6.14. The summed E-state index contributed by atoms with van der Waals surface area (Å²) in [7, 11) is 0. The Morgan fingerprint density at radius 2 is 2.07 bits per heavy atom. The highest BCUT2D eigenvalue weighted by Crippen LogP contribution is 2.56. The number of esters is 2. The number of allylic oxidation sites excluding steroid dienone is 1. The fourth-order valence-corrected chi connectivity index (χ4v) is 4.31. The fourth-order valence-electron chi connectivity index (χ4n) is 4.31. The molecule has 2 saturated heterocycles. The summed E-state index contributed by atoms with van der Waals surface area (Å²) in [5.74, 6) is -2.75. The van der Waals surface area contributed by atoms with Gasteiger partial charge in [-0.25, -0.2) is 9.59 Å². The van der Waals surface area contributed by atoms with Gasteiger partial charge < -0.3 is 19.3 Å². The minimum Gasteiger partial charge on any atom is -0.458 e. The molecule has 0 aromatic rings. The summed E-state index contributed by atoms with van der Waals surface area (Å²) in [5, 5.41) is 11.1. The SMILES string of the molecule is C=C1C(=O)OC2C1C(OC(=O)C(C)=CC)C(C(=C)C=O)C(C)(C1CO1)C2O. The Bertz CT molecular complexity index is 747. The Balaban J connectivity index is 2.12. The Morgan fingerprint density at radius 1 is 1.44 bits per heavy atom. The normalized spacial score (nSPS) is 40.8. The molecule has 3 fully saturated rings. The molecule has 3 aliphatic rings. The zero-order valence-corrected chi connectivity index (χ0v) is 15.6. The van der Waals surface area contributed by atoms with E-state index in [1.807, 2.05) is 0 Å². The van der Waals surface area contributed by atoms with Crippen molar-refractivity contribution in [3.63, 3.8) is 0 Å². The molecule has 0 amide bonds. The summed E-state index contributed by atoms with van der Waals surface area (Å²) in [5.41, 5.74) is -0.363. The molecular formula is C20H24O7. The monoisotopic (exact) mass is 376 g/mol. The molecule has 1 N–H and O–H groups in total. The van der Waals surface area contributed by atoms with Crippen LogP contribution in [0, 0.1) is 17.3 Å². The third kappa shape index (κ3) is 2.85. The number of hydrogen-bond acceptors (Lipinski definition) is 7. The van der Waals surface area contributed by atoms with E-state index in [-0.39, 0.29) is 17.3 Å². The first-order chi connectivity index (χ1) is 12.7. The number of rotatable bonds is 5. The molecule has 0 spiro atoms. The van der Waals surface area contributed by atoms with Crippen molar-refractivity contribution in [2.24, 2.45) is 17.3 Å². The molecule has 7 nitrogen and oxygen atoms in total. The van der Waals surface area contributed by atoms with Crippen molar-refractivity contribution in [1.29, 1.82) is 0 Å². The molecule has 1 saturated carbocycles. The molecule has 7 heteroatoms. The van der Waals surface area contributed by atoms with Crippen LogP contribution in [0.2, 0.25) is 0 Å². The molecular weight excluding hydrogens is 352 g/mol. The summed E-state index contributed by atoms with van der Waals surface area (Å²) >= 11 is 0. The first-order valence-electron chi connectivity index (χ1n) is 8.85. The second-order valence-electron chi connectivity index (χ2n) is 7.57. The van der Waals surface area contributed by atoms with Crippen molar-refractivity contribution in [3.8, 4) is 0 Å². The van der Waals surface area contributed by atoms with Gasteiger partial charge in [0, 0.05) is 22.5 Å². The van der Waals surface area contributed by atoms with E-state index < -0.39 is 47.5 Å². The summed E-state index contributed by atoms with van der Waals surface area (Å²) in [6.07, 6.45) is -1.17. The van der Waals surface area contributed by atoms with Crippen LogP contribution in [0.1, 0.15) is 20.8 Å². The number of aliphatic hydroxyl groups is 1. The van der Waals surface area contributed by atoms with Gasteiger partial charge in [-0.05, 0) is 19.4 Å². The van der Waals surface area contributed by atoms with Gasteiger partial charge in [-0.15, -0.1) is 0 Å². The number of hydrogen-bond donors (Lipinski definition) is 1. The molecule has 0 aromatic heterocycles. The van der Waals surface area contributed by atoms with Crippen LogP contribution in [0.3, 0.4) is 0 Å². The molecule has 146 valence electrons. The molecule has 0 bridgehead atoms. The van der Waals surface area contributed by atoms with Crippen molar-refractivity contribution < 1.29 is 33.7 Å². The minimum atomic E-state index is -1.13. The maximum absolute atomic E-state index is 12.5. The van der Waals surface area contributed by atoms with Gasteiger partial charge in [-0.1, -0.05) is 26.2 Å². The van der Waals surface area contributed by atoms with Crippen LogP contribution in [-0.4, -0.2) is 54.4 Å². The zero-order valence-electron chi connectivity index (χ0n) is 15.6. The summed E-state index contributed by atoms with van der Waals surface area (Å²) in [6, 6.07) is 0. The molecule has 7 atom stereocenters. The van der Waals surface area contributed by atoms with Crippen LogP contribution >= 0.6 is 0 Å². The van der Waals surface area contributed by atoms with Crippen LogP contribution in [-0.2, 0) is 28.6 Å². The highest BCUT2D eigenvalue weighted by atomic mass is 16.6. The predicted molar refractivity (Wildman–Crippen MR) is 94.4 cm³/mol. The number of aliphatic hydroxyl groups excluding tert-OH is 1. The molecule has 0 aromatic carbocycles. The third-order valence-corrected chi connectivity index (χ3v) is 6.14. The lowest BCUT2D eigenvalue weighted by atomic mass is 9.56. The lowest BCUT2D eigenvalue weighted by Crippen LogP contribution is -2.63. The van der Waals surface area contributed by atoms with Gasteiger partial charge in [0.05, 0.1) is 18.6 Å². The topological polar surface area (TPSA) is 102 Å². The van der Waals surface area contributed by atoms with Gasteiger partial charge in [-0.3, -0.25) is 4.79 Å². The molecule has 3 rings (SSSR count). The maximum Gasteiger partial charge on any atom is 0.334 e. The smallest absolute Gasteiger partial charge is 0.334 e. The van der Waals surface area contributed by atoms with E-state index >= 15 is 0 Å². The van der Waals surface area contributed by atoms with E-state index in [4.69, 9.17) is 14.2 Å². The Kier molecular flexibility index (Phi) is 4.86. The molecule has 27 heavy (non-hydrogen) atoms. The van der Waals surface area contributed by atoms with E-state index in [1.165, 1.54) is 0 Å². The average Bonchev–Trinajstić information content (AvgIpc) is 3.45. The van der Waals surface area contributed by atoms with Crippen LogP contribution in [0.5, 0.6) is 0 Å². The lowest BCUT2D eigenvalue weighted by molar-refractivity contribution is -0.195. The van der Waals surface area contributed by atoms with Crippen molar-refractivity contribution in [1.82, 2.24) is 0 Å². The highest BCUT2D eigenvalue weighted by Gasteiger charge is 2.68. The number of carbonyl (C=O) groups excluding carboxylic acids is 3. The highest BCUT2D eigenvalue weighted by molar-refractivity contribution is 5.92. The van der Waals surface area contributed by atoms with Gasteiger partial charge in [0.15, 0.2) is 0 Å². The molecule has 1 aliphatic carbocycles. The number of carbonyl (C=O) groups is 3. The van der Waals surface area contributed by atoms with E-state index in [0.29, 0.717) is 18.5 Å². The summed E-state index contributed by atoms with van der Waals surface area (Å²) in [6.45, 7) is 13.0. The van der Waals surface area contributed by atoms with E-state index in [9.17, 15) is 19.5 Å². The molecule has 7 unspecified atom stereocenters. The number of epoxide rings is 1. The number of ether oxygens (including phenoxy) is 3. The van der Waals surface area contributed by atoms with Gasteiger partial charge in [0.2, 0.25) is 0 Å². The van der Waals surface area contributed by atoms with E-state index in [1.54, 1.807) is 26.8 Å². The van der Waals surface area contributed by atoms with Gasteiger partial charge in [-0.2, -0.15) is 0 Å². The van der Waals surface area contributed by atoms with Gasteiger partial charge in [0.25, 0.3) is 0 Å². The molecule has 0 radical (unpaired) electrons. The number of aldehydes is 1. The van der Waals surface area contributed by atoms with E-state index in [0.717, 1.165) is 0 Å². The number of fused-ring (bicyclic) bond motifs is 1. The van der Waals surface area contributed by atoms with Crippen LogP contribution in [0.4, 0.5) is 0 Å². The Morgan fingerprint density at radius 3 is 2.59 bits per heavy atom. The molecule has 2 heterocycles. The minimum absolute atomic E-state index is 0.109. The zero-order chi connectivity index (χ0) is 20.1. The predicted octanol–water partition coefficient (Wildman–Crippen LogP) is 1.11. The summed E-state index contributed by atoms with van der Waals surface area (Å²) in [4.78, 5) is 36.2. The first-order valence-corrected chi connectivity index (χ1v) is 8.85. The van der Waals surface area contributed by atoms with E-state index in [2.05, 4.69) is 13.2 Å². The first kappa shape index (κ1) is 19.5. The van der Waals surface area contributed by atoms with Gasteiger partial charge in [0.1, 0.15) is 24.6 Å². The van der Waals surface area contributed by atoms with Crippen molar-refractivity contribution in [2.45, 2.75) is 45.2 Å². The van der Waals surface area contributed by atoms with Crippen molar-refractivity contribution in [3.05, 3.63) is 36.0 Å². The fraction of sp³-hybridized carbons (Fsp3) is 0.550. The Hall–Kier alpha value is -2.25. The second-order valence-corrected chi connectivity index (χ2v) is 7.57.